The molecule has 108 valence electrons. The number of nitrogens with two attached hydrogens (primary N) is 1. The van der Waals surface area contributed by atoms with Crippen molar-refractivity contribution in [3.63, 3.8) is 0 Å². The number of para-hydroxylation sites is 1. The Balaban J connectivity index is 2.06. The monoisotopic (exact) mass is 287 g/mol. The third kappa shape index (κ3) is 2.32. The molecule has 0 amide bonds. The van der Waals surface area contributed by atoms with Crippen molar-refractivity contribution in [2.75, 3.05) is 12.8 Å². The lowest BCUT2D eigenvalue weighted by atomic mass is 10.0. The number of aliphatic hydroxyl groups excluding tert-OH is 1. The molecule has 0 saturated carbocycles. The molecule has 21 heavy (non-hydrogen) atoms. The molecule has 0 aliphatic rings. The number of hydrogen-bond acceptors (Lipinski definition) is 4. The molecule has 1 unspecified atom stereocenters. The van der Waals surface area contributed by atoms with Gasteiger partial charge in [-0.2, -0.15) is 0 Å². The first kappa shape index (κ1) is 13.5. The van der Waals surface area contributed by atoms with Gasteiger partial charge in [-0.25, -0.2) is 4.39 Å². The van der Waals surface area contributed by atoms with Crippen molar-refractivity contribution in [3.8, 4) is 5.75 Å². The van der Waals surface area contributed by atoms with E-state index in [1.54, 1.807) is 24.3 Å². The number of rotatable bonds is 3. The zero-order valence-electron chi connectivity index (χ0n) is 11.3. The van der Waals surface area contributed by atoms with Crippen LogP contribution in [0.5, 0.6) is 5.75 Å². The predicted molar refractivity (Wildman–Crippen MR) is 77.6 cm³/mol. The van der Waals surface area contributed by atoms with Crippen LogP contribution in [0.2, 0.25) is 0 Å². The van der Waals surface area contributed by atoms with Gasteiger partial charge in [0.2, 0.25) is 0 Å². The van der Waals surface area contributed by atoms with Gasteiger partial charge < -0.3 is 20.0 Å². The summed E-state index contributed by atoms with van der Waals surface area (Å²) in [6.45, 7) is 0. The zero-order valence-corrected chi connectivity index (χ0v) is 11.3. The Morgan fingerprint density at radius 1 is 1.24 bits per heavy atom. The van der Waals surface area contributed by atoms with Gasteiger partial charge in [0, 0.05) is 10.9 Å². The minimum absolute atomic E-state index is 0.301. The number of aliphatic hydroxyl groups is 1. The molecule has 0 saturated heterocycles. The molecule has 0 aliphatic heterocycles. The van der Waals surface area contributed by atoms with Crippen molar-refractivity contribution >= 4 is 16.7 Å². The molecule has 3 rings (SSSR count). The largest absolute Gasteiger partial charge is 0.495 e. The number of furan rings is 1. The highest BCUT2D eigenvalue weighted by molar-refractivity contribution is 5.78. The molecule has 4 nitrogen and oxygen atoms in total. The van der Waals surface area contributed by atoms with Gasteiger partial charge in [-0.3, -0.25) is 0 Å². The molecule has 0 fully saturated rings. The summed E-state index contributed by atoms with van der Waals surface area (Å²) in [6, 6.07) is 10.9. The smallest absolute Gasteiger partial charge is 0.142 e. The number of benzene rings is 2. The number of halogens is 1. The highest BCUT2D eigenvalue weighted by Gasteiger charge is 2.19. The van der Waals surface area contributed by atoms with Crippen LogP contribution in [0.15, 0.2) is 46.9 Å². The molecule has 3 aromatic rings. The molecule has 0 bridgehead atoms. The number of fused-ring (bicyclic) bond motifs is 1. The van der Waals surface area contributed by atoms with Gasteiger partial charge >= 0.3 is 0 Å². The van der Waals surface area contributed by atoms with Gasteiger partial charge in [-0.1, -0.05) is 12.1 Å². The molecule has 0 radical (unpaired) electrons. The maximum Gasteiger partial charge on any atom is 0.142 e. The Kier molecular flexibility index (Phi) is 3.27. The molecule has 0 aliphatic carbocycles. The summed E-state index contributed by atoms with van der Waals surface area (Å²) in [4.78, 5) is 0. The van der Waals surface area contributed by atoms with Crippen LogP contribution in [0.3, 0.4) is 0 Å². The summed E-state index contributed by atoms with van der Waals surface area (Å²) in [7, 11) is 1.51. The lowest BCUT2D eigenvalue weighted by Gasteiger charge is -2.13. The summed E-state index contributed by atoms with van der Waals surface area (Å²) >= 11 is 0. The molecule has 1 aromatic heterocycles. The number of hydrogen-bond donors (Lipinski definition) is 2. The number of anilines is 1. The fraction of sp³-hybridized carbons (Fsp3) is 0.125. The first-order valence-corrected chi connectivity index (χ1v) is 6.39. The van der Waals surface area contributed by atoms with Crippen molar-refractivity contribution in [3.05, 3.63) is 59.6 Å². The average molecular weight is 287 g/mol. The Morgan fingerprint density at radius 3 is 2.81 bits per heavy atom. The molecular weight excluding hydrogens is 273 g/mol. The van der Waals surface area contributed by atoms with E-state index < -0.39 is 6.10 Å². The van der Waals surface area contributed by atoms with E-state index in [-0.39, 0.29) is 5.82 Å². The topological polar surface area (TPSA) is 68.6 Å². The van der Waals surface area contributed by atoms with Gasteiger partial charge in [0.25, 0.3) is 0 Å². The minimum atomic E-state index is -1.05. The molecular formula is C16H14FNO3. The molecule has 0 spiro atoms. The average Bonchev–Trinajstić information content (AvgIpc) is 2.89. The SMILES string of the molecule is COc1cccc(C(O)c2cc3cc(F)ccc3o2)c1N. The summed E-state index contributed by atoms with van der Waals surface area (Å²) in [5.74, 6) is 0.425. The van der Waals surface area contributed by atoms with Crippen LogP contribution in [-0.2, 0) is 0 Å². The van der Waals surface area contributed by atoms with Crippen molar-refractivity contribution < 1.29 is 18.7 Å². The Morgan fingerprint density at radius 2 is 2.05 bits per heavy atom. The molecule has 5 heteroatoms. The molecule has 1 atom stereocenters. The van der Waals surface area contributed by atoms with Crippen LogP contribution < -0.4 is 10.5 Å². The van der Waals surface area contributed by atoms with E-state index in [9.17, 15) is 9.50 Å². The number of methoxy groups -OCH3 is 1. The standard InChI is InChI=1S/C16H14FNO3/c1-20-13-4-2-3-11(15(13)18)16(19)14-8-9-7-10(17)5-6-12(9)21-14/h2-8,16,19H,18H2,1H3. The second kappa shape index (κ2) is 5.10. The maximum absolute atomic E-state index is 13.2. The minimum Gasteiger partial charge on any atom is -0.495 e. The summed E-state index contributed by atoms with van der Waals surface area (Å²) in [6.07, 6.45) is -1.05. The van der Waals surface area contributed by atoms with E-state index in [2.05, 4.69) is 0 Å². The van der Waals surface area contributed by atoms with Crippen molar-refractivity contribution in [2.45, 2.75) is 6.10 Å². The quantitative estimate of drug-likeness (QED) is 0.726. The van der Waals surface area contributed by atoms with Crippen LogP contribution in [0.4, 0.5) is 10.1 Å². The van der Waals surface area contributed by atoms with Crippen molar-refractivity contribution in [1.29, 1.82) is 0 Å². The zero-order chi connectivity index (χ0) is 15.0. The van der Waals surface area contributed by atoms with Crippen LogP contribution in [0.25, 0.3) is 11.0 Å². The summed E-state index contributed by atoms with van der Waals surface area (Å²) in [5.41, 5.74) is 7.30. The van der Waals surface area contributed by atoms with E-state index in [1.165, 1.54) is 25.3 Å². The molecule has 1 heterocycles. The Labute approximate surface area is 120 Å². The molecule has 3 N–H and O–H groups in total. The van der Waals surface area contributed by atoms with Gasteiger partial charge in [-0.05, 0) is 30.3 Å². The fourth-order valence-corrected chi connectivity index (χ4v) is 2.30. The van der Waals surface area contributed by atoms with Crippen LogP contribution >= 0.6 is 0 Å². The number of ether oxygens (including phenoxy) is 1. The normalized spacial score (nSPS) is 12.5. The van der Waals surface area contributed by atoms with Gasteiger partial charge in [-0.15, -0.1) is 0 Å². The molecule has 2 aromatic carbocycles. The highest BCUT2D eigenvalue weighted by atomic mass is 19.1. The summed E-state index contributed by atoms with van der Waals surface area (Å²) in [5, 5.41) is 11.0. The van der Waals surface area contributed by atoms with Gasteiger partial charge in [0.05, 0.1) is 12.8 Å². The van der Waals surface area contributed by atoms with Gasteiger partial charge in [0.1, 0.15) is 29.0 Å². The maximum atomic E-state index is 13.2. The van der Waals surface area contributed by atoms with Crippen LogP contribution in [0.1, 0.15) is 17.4 Å². The second-order valence-electron chi connectivity index (χ2n) is 4.70. The predicted octanol–water partition coefficient (Wildman–Crippen LogP) is 3.24. The lowest BCUT2D eigenvalue weighted by Crippen LogP contribution is -2.04. The third-order valence-electron chi connectivity index (χ3n) is 3.38. The van der Waals surface area contributed by atoms with E-state index in [1.807, 2.05) is 0 Å². The first-order chi connectivity index (χ1) is 10.1. The second-order valence-corrected chi connectivity index (χ2v) is 4.70. The third-order valence-corrected chi connectivity index (χ3v) is 3.38. The summed E-state index contributed by atoms with van der Waals surface area (Å²) < 4.78 is 23.9. The van der Waals surface area contributed by atoms with E-state index in [0.717, 1.165) is 0 Å². The van der Waals surface area contributed by atoms with E-state index in [0.29, 0.717) is 33.7 Å². The highest BCUT2D eigenvalue weighted by Crippen LogP contribution is 2.34. The Bertz CT molecular complexity index is 797. The Hall–Kier alpha value is -2.53. The van der Waals surface area contributed by atoms with Crippen LogP contribution in [-0.4, -0.2) is 12.2 Å². The number of nitrogen functional groups attached to an aromatic ring is 1. The van der Waals surface area contributed by atoms with E-state index in [4.69, 9.17) is 14.9 Å². The van der Waals surface area contributed by atoms with Crippen molar-refractivity contribution in [1.82, 2.24) is 0 Å². The van der Waals surface area contributed by atoms with E-state index >= 15 is 0 Å². The van der Waals surface area contributed by atoms with Crippen molar-refractivity contribution in [2.24, 2.45) is 0 Å². The lowest BCUT2D eigenvalue weighted by molar-refractivity contribution is 0.192. The van der Waals surface area contributed by atoms with Gasteiger partial charge in [0.15, 0.2) is 0 Å². The van der Waals surface area contributed by atoms with Crippen LogP contribution in [0, 0.1) is 5.82 Å². The fourth-order valence-electron chi connectivity index (χ4n) is 2.30. The first-order valence-electron chi connectivity index (χ1n) is 6.39.